The van der Waals surface area contributed by atoms with Crippen LogP contribution in [0.3, 0.4) is 0 Å². The van der Waals surface area contributed by atoms with E-state index in [0.717, 1.165) is 0 Å². The second kappa shape index (κ2) is 6.87. The summed E-state index contributed by atoms with van der Waals surface area (Å²) in [6.45, 7) is 4.79. The van der Waals surface area contributed by atoms with Crippen LogP contribution in [0.25, 0.3) is 0 Å². The average Bonchev–Trinajstić information content (AvgIpc) is 2.42. The Morgan fingerprint density at radius 3 is 2.43 bits per heavy atom. The van der Waals surface area contributed by atoms with E-state index in [0.29, 0.717) is 28.5 Å². The maximum atomic E-state index is 12.1. The van der Waals surface area contributed by atoms with Crippen molar-refractivity contribution in [1.82, 2.24) is 9.97 Å². The summed E-state index contributed by atoms with van der Waals surface area (Å²) in [6.07, 6.45) is -0.0706. The van der Waals surface area contributed by atoms with Crippen LogP contribution in [0.15, 0.2) is 29.1 Å². The van der Waals surface area contributed by atoms with Gasteiger partial charge in [-0.15, -0.1) is 0 Å². The Balaban J connectivity index is 2.11. The molecule has 7 heteroatoms. The Hall–Kier alpha value is -2.96. The van der Waals surface area contributed by atoms with Gasteiger partial charge < -0.3 is 15.6 Å². The predicted molar refractivity (Wildman–Crippen MR) is 87.4 cm³/mol. The lowest BCUT2D eigenvalue weighted by Crippen LogP contribution is -2.24. The fourth-order valence-electron chi connectivity index (χ4n) is 2.20. The van der Waals surface area contributed by atoms with Crippen LogP contribution in [0.5, 0.6) is 0 Å². The molecule has 0 aliphatic heterocycles. The molecule has 1 heterocycles. The molecule has 2 rings (SSSR count). The molecule has 0 unspecified atom stereocenters. The first kappa shape index (κ1) is 16.4. The lowest BCUT2D eigenvalue weighted by Gasteiger charge is -2.09. The second-order valence-corrected chi connectivity index (χ2v) is 5.20. The molecular weight excluding hydrogens is 296 g/mol. The second-order valence-electron chi connectivity index (χ2n) is 5.20. The fourth-order valence-corrected chi connectivity index (χ4v) is 2.20. The van der Waals surface area contributed by atoms with Gasteiger partial charge in [0.25, 0.3) is 5.56 Å². The average molecular weight is 314 g/mol. The minimum absolute atomic E-state index is 0.0706. The third-order valence-electron chi connectivity index (χ3n) is 3.14. The minimum atomic E-state index is -0.329. The number of anilines is 2. The summed E-state index contributed by atoms with van der Waals surface area (Å²) in [6, 6.07) is 6.78. The number of carbonyl (C=O) groups excluding carboxylic acids is 2. The molecule has 1 aromatic heterocycles. The van der Waals surface area contributed by atoms with Crippen molar-refractivity contribution in [3.8, 4) is 0 Å². The van der Waals surface area contributed by atoms with Crippen LogP contribution in [-0.4, -0.2) is 21.8 Å². The number of H-pyrrole nitrogens is 1. The van der Waals surface area contributed by atoms with E-state index >= 15 is 0 Å². The Kier molecular flexibility index (Phi) is 4.90. The van der Waals surface area contributed by atoms with Gasteiger partial charge in [-0.1, -0.05) is 6.07 Å². The van der Waals surface area contributed by atoms with Crippen molar-refractivity contribution in [3.05, 3.63) is 51.7 Å². The number of carbonyl (C=O) groups is 2. The Labute approximate surface area is 133 Å². The molecule has 0 saturated heterocycles. The number of hydrogen-bond acceptors (Lipinski definition) is 4. The molecule has 2 aromatic rings. The maximum Gasteiger partial charge on any atom is 0.254 e. The Morgan fingerprint density at radius 2 is 1.83 bits per heavy atom. The van der Waals surface area contributed by atoms with Gasteiger partial charge in [-0.25, -0.2) is 4.98 Å². The summed E-state index contributed by atoms with van der Waals surface area (Å²) in [7, 11) is 0. The summed E-state index contributed by atoms with van der Waals surface area (Å²) >= 11 is 0. The summed E-state index contributed by atoms with van der Waals surface area (Å²) in [4.78, 5) is 41.8. The predicted octanol–water partition coefficient (Wildman–Crippen LogP) is 1.53. The molecule has 0 fully saturated rings. The third kappa shape index (κ3) is 4.50. The minimum Gasteiger partial charge on any atom is -0.326 e. The topological polar surface area (TPSA) is 104 Å². The zero-order valence-corrected chi connectivity index (χ0v) is 13.2. The lowest BCUT2D eigenvalue weighted by atomic mass is 10.1. The molecule has 0 bridgehead atoms. The van der Waals surface area contributed by atoms with E-state index in [4.69, 9.17) is 0 Å². The molecule has 23 heavy (non-hydrogen) atoms. The molecule has 0 radical (unpaired) electrons. The molecule has 0 atom stereocenters. The molecule has 2 amide bonds. The highest BCUT2D eigenvalue weighted by Gasteiger charge is 2.12. The number of rotatable bonds is 4. The molecule has 120 valence electrons. The van der Waals surface area contributed by atoms with Gasteiger partial charge in [0.1, 0.15) is 5.82 Å². The van der Waals surface area contributed by atoms with Crippen molar-refractivity contribution >= 4 is 23.2 Å². The molecule has 3 N–H and O–H groups in total. The van der Waals surface area contributed by atoms with Crippen LogP contribution < -0.4 is 16.2 Å². The van der Waals surface area contributed by atoms with E-state index in [1.165, 1.54) is 6.92 Å². The smallest absolute Gasteiger partial charge is 0.254 e. The first-order valence-electron chi connectivity index (χ1n) is 7.09. The summed E-state index contributed by atoms with van der Waals surface area (Å²) < 4.78 is 0. The van der Waals surface area contributed by atoms with Crippen molar-refractivity contribution < 1.29 is 9.59 Å². The van der Waals surface area contributed by atoms with Crippen LogP contribution in [-0.2, 0) is 16.0 Å². The number of benzene rings is 1. The van der Waals surface area contributed by atoms with Crippen molar-refractivity contribution in [2.24, 2.45) is 0 Å². The summed E-state index contributed by atoms with van der Waals surface area (Å²) in [5, 5.41) is 5.34. The summed E-state index contributed by atoms with van der Waals surface area (Å²) in [5.74, 6) is -0.00902. The van der Waals surface area contributed by atoms with E-state index in [2.05, 4.69) is 20.6 Å². The lowest BCUT2D eigenvalue weighted by molar-refractivity contribution is -0.116. The van der Waals surface area contributed by atoms with E-state index in [9.17, 15) is 14.4 Å². The standard InChI is InChI=1S/C16H18N4O3/c1-9-14(16(23)18-10(2)17-9)8-15(22)20-13-6-4-5-12(7-13)19-11(3)21/h4-7H,8H2,1-3H3,(H,19,21)(H,20,22)(H,17,18,23). The zero-order chi connectivity index (χ0) is 17.0. The van der Waals surface area contributed by atoms with Gasteiger partial charge in [0, 0.05) is 29.6 Å². The number of hydrogen-bond donors (Lipinski definition) is 3. The van der Waals surface area contributed by atoms with Gasteiger partial charge in [0.15, 0.2) is 0 Å². The van der Waals surface area contributed by atoms with Crippen molar-refractivity contribution in [3.63, 3.8) is 0 Å². The highest BCUT2D eigenvalue weighted by molar-refractivity contribution is 5.94. The molecular formula is C16H18N4O3. The van der Waals surface area contributed by atoms with Gasteiger partial charge in [-0.05, 0) is 32.0 Å². The first-order valence-corrected chi connectivity index (χ1v) is 7.09. The Bertz CT molecular complexity index is 811. The van der Waals surface area contributed by atoms with Crippen LogP contribution in [0, 0.1) is 13.8 Å². The van der Waals surface area contributed by atoms with Gasteiger partial charge in [-0.2, -0.15) is 0 Å². The van der Waals surface area contributed by atoms with Crippen molar-refractivity contribution in [2.75, 3.05) is 10.6 Å². The number of aryl methyl sites for hydroxylation is 2. The van der Waals surface area contributed by atoms with Crippen LogP contribution >= 0.6 is 0 Å². The van der Waals surface area contributed by atoms with Crippen LogP contribution in [0.1, 0.15) is 24.0 Å². The normalized spacial score (nSPS) is 10.2. The van der Waals surface area contributed by atoms with E-state index in [-0.39, 0.29) is 23.8 Å². The van der Waals surface area contributed by atoms with Crippen LogP contribution in [0.2, 0.25) is 0 Å². The number of aromatic amines is 1. The number of aromatic nitrogens is 2. The molecule has 0 aliphatic carbocycles. The highest BCUT2D eigenvalue weighted by atomic mass is 16.2. The van der Waals surface area contributed by atoms with Gasteiger partial charge in [0.05, 0.1) is 6.42 Å². The Morgan fingerprint density at radius 1 is 1.17 bits per heavy atom. The molecule has 0 saturated carbocycles. The molecule has 0 spiro atoms. The van der Waals surface area contributed by atoms with Gasteiger partial charge in [-0.3, -0.25) is 14.4 Å². The third-order valence-corrected chi connectivity index (χ3v) is 3.14. The monoisotopic (exact) mass is 314 g/mol. The highest BCUT2D eigenvalue weighted by Crippen LogP contribution is 2.15. The van der Waals surface area contributed by atoms with E-state index < -0.39 is 0 Å². The van der Waals surface area contributed by atoms with Gasteiger partial charge >= 0.3 is 0 Å². The molecule has 1 aromatic carbocycles. The van der Waals surface area contributed by atoms with Crippen LogP contribution in [0.4, 0.5) is 11.4 Å². The van der Waals surface area contributed by atoms with Crippen molar-refractivity contribution in [1.29, 1.82) is 0 Å². The fraction of sp³-hybridized carbons (Fsp3) is 0.250. The number of nitrogens with zero attached hydrogens (tertiary/aromatic N) is 1. The largest absolute Gasteiger partial charge is 0.326 e. The van der Waals surface area contributed by atoms with E-state index in [1.54, 1.807) is 38.1 Å². The number of amides is 2. The molecule has 0 aliphatic rings. The van der Waals surface area contributed by atoms with Gasteiger partial charge in [0.2, 0.25) is 11.8 Å². The van der Waals surface area contributed by atoms with E-state index in [1.807, 2.05) is 0 Å². The zero-order valence-electron chi connectivity index (χ0n) is 13.2. The van der Waals surface area contributed by atoms with Crippen molar-refractivity contribution in [2.45, 2.75) is 27.2 Å². The number of nitrogens with one attached hydrogen (secondary N) is 3. The SMILES string of the molecule is CC(=O)Nc1cccc(NC(=O)Cc2c(C)nc(C)[nH]c2=O)c1. The molecule has 7 nitrogen and oxygen atoms in total. The maximum absolute atomic E-state index is 12.1. The first-order chi connectivity index (χ1) is 10.8. The quantitative estimate of drug-likeness (QED) is 0.796. The summed E-state index contributed by atoms with van der Waals surface area (Å²) in [5.41, 5.74) is 1.69.